The lowest BCUT2D eigenvalue weighted by Gasteiger charge is -2.36. The van der Waals surface area contributed by atoms with Crippen LogP contribution >= 0.6 is 0 Å². The molecule has 2 aromatic carbocycles. The largest absolute Gasteiger partial charge is 0.486 e. The number of nitrogens with one attached hydrogen (secondary N) is 1. The van der Waals surface area contributed by atoms with Crippen LogP contribution in [0.2, 0.25) is 0 Å². The van der Waals surface area contributed by atoms with Gasteiger partial charge in [-0.1, -0.05) is 6.07 Å². The third-order valence-electron chi connectivity index (χ3n) is 5.81. The number of hydrogen-bond acceptors (Lipinski definition) is 5. The first-order chi connectivity index (χ1) is 15.9. The molecule has 2 aliphatic rings. The topological polar surface area (TPSA) is 70.7 Å². The highest BCUT2D eigenvalue weighted by atomic mass is 19.4. The van der Waals surface area contributed by atoms with Crippen molar-refractivity contribution < 1.29 is 27.4 Å². The van der Waals surface area contributed by atoms with E-state index in [4.69, 9.17) is 9.47 Å². The lowest BCUT2D eigenvalue weighted by Crippen LogP contribution is -2.48. The Labute approximate surface area is 187 Å². The molecule has 1 aromatic heterocycles. The fraction of sp³-hybridized carbons (Fsp3) is 0.304. The number of hydrogen-bond donors (Lipinski definition) is 1. The highest BCUT2D eigenvalue weighted by Crippen LogP contribution is 2.35. The van der Waals surface area contributed by atoms with Gasteiger partial charge in [0.2, 0.25) is 0 Å². The van der Waals surface area contributed by atoms with Gasteiger partial charge in [0.25, 0.3) is 5.91 Å². The predicted octanol–water partition coefficient (Wildman–Crippen LogP) is 3.83. The zero-order valence-corrected chi connectivity index (χ0v) is 17.6. The van der Waals surface area contributed by atoms with E-state index in [2.05, 4.69) is 10.2 Å². The van der Waals surface area contributed by atoms with Crippen molar-refractivity contribution in [3.8, 4) is 22.8 Å². The van der Waals surface area contributed by atoms with Crippen molar-refractivity contribution in [2.24, 2.45) is 0 Å². The highest BCUT2D eigenvalue weighted by molar-refractivity contribution is 6.00. The lowest BCUT2D eigenvalue weighted by molar-refractivity contribution is -0.137. The molecule has 33 heavy (non-hydrogen) atoms. The fourth-order valence-corrected chi connectivity index (χ4v) is 4.08. The van der Waals surface area contributed by atoms with E-state index in [1.165, 1.54) is 12.3 Å². The molecular weight excluding hydrogens is 437 g/mol. The number of amides is 1. The van der Waals surface area contributed by atoms with Crippen molar-refractivity contribution in [2.45, 2.75) is 6.18 Å². The van der Waals surface area contributed by atoms with Crippen molar-refractivity contribution in [1.82, 2.24) is 15.1 Å². The van der Waals surface area contributed by atoms with Crippen LogP contribution in [0.5, 0.6) is 11.5 Å². The summed E-state index contributed by atoms with van der Waals surface area (Å²) in [6, 6.07) is 10.7. The van der Waals surface area contributed by atoms with Gasteiger partial charge < -0.3 is 19.3 Å². The van der Waals surface area contributed by atoms with E-state index in [1.54, 1.807) is 17.0 Å². The monoisotopic (exact) mass is 458 g/mol. The van der Waals surface area contributed by atoms with E-state index >= 15 is 0 Å². The van der Waals surface area contributed by atoms with Crippen molar-refractivity contribution >= 4 is 11.6 Å². The first-order valence-electron chi connectivity index (χ1n) is 10.5. The molecular formula is C23H21F3N4O3. The second-order valence-corrected chi connectivity index (χ2v) is 7.84. The van der Waals surface area contributed by atoms with Gasteiger partial charge in [-0.05, 0) is 36.4 Å². The van der Waals surface area contributed by atoms with Crippen LogP contribution in [0.4, 0.5) is 18.9 Å². The number of carbonyl (C=O) groups excluding carboxylic acids is 1. The number of halogens is 3. The maximum Gasteiger partial charge on any atom is 0.416 e. The van der Waals surface area contributed by atoms with Crippen LogP contribution in [-0.2, 0) is 6.18 Å². The molecule has 2 aliphatic heterocycles. The number of nitrogens with zero attached hydrogens (tertiary/aromatic N) is 3. The van der Waals surface area contributed by atoms with Gasteiger partial charge in [0, 0.05) is 37.4 Å². The summed E-state index contributed by atoms with van der Waals surface area (Å²) in [6.45, 7) is 2.60. The number of alkyl halides is 3. The standard InChI is InChI=1S/C23H21F3N4O3/c24-23(25,26)16-2-1-3-17(13-16)29-6-8-30(9-7-29)22(31)18-14-27-28-21(18)15-4-5-19-20(12-15)33-11-10-32-19/h1-5,12-14H,6-11H2,(H,27,28). The van der Waals surface area contributed by atoms with Gasteiger partial charge in [0.05, 0.1) is 23.0 Å². The molecule has 1 N–H and O–H groups in total. The maximum atomic E-state index is 13.2. The molecule has 172 valence electrons. The van der Waals surface area contributed by atoms with Crippen LogP contribution in [0.15, 0.2) is 48.7 Å². The number of ether oxygens (including phenoxy) is 2. The number of fused-ring (bicyclic) bond motifs is 1. The number of H-pyrrole nitrogens is 1. The number of benzene rings is 2. The first-order valence-corrected chi connectivity index (χ1v) is 10.5. The summed E-state index contributed by atoms with van der Waals surface area (Å²) < 4.78 is 50.3. The number of anilines is 1. The molecule has 10 heteroatoms. The molecule has 0 atom stereocenters. The van der Waals surface area contributed by atoms with E-state index in [1.807, 2.05) is 17.0 Å². The zero-order chi connectivity index (χ0) is 23.0. The van der Waals surface area contributed by atoms with E-state index in [0.29, 0.717) is 67.8 Å². The molecule has 5 rings (SSSR count). The van der Waals surface area contributed by atoms with Gasteiger partial charge >= 0.3 is 6.18 Å². The van der Waals surface area contributed by atoms with Crippen molar-refractivity contribution in [3.63, 3.8) is 0 Å². The second-order valence-electron chi connectivity index (χ2n) is 7.84. The predicted molar refractivity (Wildman–Crippen MR) is 115 cm³/mol. The SMILES string of the molecule is O=C(c1cn[nH]c1-c1ccc2c(c1)OCCO2)N1CCN(c2cccc(C(F)(F)F)c2)CC1. The van der Waals surface area contributed by atoms with Crippen molar-refractivity contribution in [2.75, 3.05) is 44.3 Å². The van der Waals surface area contributed by atoms with Gasteiger partial charge in [-0.3, -0.25) is 9.89 Å². The summed E-state index contributed by atoms with van der Waals surface area (Å²) >= 11 is 0. The Morgan fingerprint density at radius 3 is 2.48 bits per heavy atom. The minimum absolute atomic E-state index is 0.183. The third kappa shape index (κ3) is 4.20. The van der Waals surface area contributed by atoms with E-state index in [0.717, 1.165) is 17.7 Å². The second kappa shape index (κ2) is 8.34. The fourth-order valence-electron chi connectivity index (χ4n) is 4.08. The van der Waals surface area contributed by atoms with E-state index in [-0.39, 0.29) is 5.91 Å². The first kappa shape index (κ1) is 21.2. The van der Waals surface area contributed by atoms with E-state index in [9.17, 15) is 18.0 Å². The van der Waals surface area contributed by atoms with Gasteiger partial charge in [0.1, 0.15) is 13.2 Å². The molecule has 0 radical (unpaired) electrons. The summed E-state index contributed by atoms with van der Waals surface area (Å²) in [5.41, 5.74) is 1.58. The highest BCUT2D eigenvalue weighted by Gasteiger charge is 2.31. The van der Waals surface area contributed by atoms with Crippen LogP contribution in [0.3, 0.4) is 0 Å². The Morgan fingerprint density at radius 1 is 0.970 bits per heavy atom. The summed E-state index contributed by atoms with van der Waals surface area (Å²) in [4.78, 5) is 16.8. The molecule has 1 fully saturated rings. The average molecular weight is 458 g/mol. The van der Waals surface area contributed by atoms with Crippen LogP contribution in [-0.4, -0.2) is 60.4 Å². The molecule has 1 saturated heterocycles. The molecule has 3 heterocycles. The molecule has 0 aliphatic carbocycles. The molecule has 3 aromatic rings. The third-order valence-corrected chi connectivity index (χ3v) is 5.81. The number of carbonyl (C=O) groups is 1. The molecule has 0 bridgehead atoms. The summed E-state index contributed by atoms with van der Waals surface area (Å²) in [5, 5.41) is 6.95. The van der Waals surface area contributed by atoms with Crippen LogP contribution in [0, 0.1) is 0 Å². The summed E-state index contributed by atoms with van der Waals surface area (Å²) in [7, 11) is 0. The molecule has 7 nitrogen and oxygen atoms in total. The summed E-state index contributed by atoms with van der Waals surface area (Å²) in [5.74, 6) is 1.09. The Bertz CT molecular complexity index is 1170. The van der Waals surface area contributed by atoms with Crippen molar-refractivity contribution in [3.05, 3.63) is 59.8 Å². The Morgan fingerprint density at radius 2 is 1.73 bits per heavy atom. The molecule has 0 spiro atoms. The average Bonchev–Trinajstić information content (AvgIpc) is 3.33. The van der Waals surface area contributed by atoms with Crippen LogP contribution in [0.1, 0.15) is 15.9 Å². The Kier molecular flexibility index (Phi) is 5.35. The Hall–Kier alpha value is -3.69. The summed E-state index contributed by atoms with van der Waals surface area (Å²) in [6.07, 6.45) is -2.90. The van der Waals surface area contributed by atoms with Gasteiger partial charge in [0.15, 0.2) is 11.5 Å². The number of rotatable bonds is 3. The number of piperazine rings is 1. The Balaban J connectivity index is 1.30. The number of aromatic amines is 1. The number of aromatic nitrogens is 2. The quantitative estimate of drug-likeness (QED) is 0.646. The smallest absolute Gasteiger partial charge is 0.416 e. The molecule has 0 unspecified atom stereocenters. The van der Waals surface area contributed by atoms with Gasteiger partial charge in [-0.2, -0.15) is 18.3 Å². The lowest BCUT2D eigenvalue weighted by atomic mass is 10.1. The van der Waals surface area contributed by atoms with Crippen LogP contribution < -0.4 is 14.4 Å². The molecule has 1 amide bonds. The minimum Gasteiger partial charge on any atom is -0.486 e. The normalized spacial score (nSPS) is 16.1. The van der Waals surface area contributed by atoms with Crippen LogP contribution in [0.25, 0.3) is 11.3 Å². The van der Waals surface area contributed by atoms with Gasteiger partial charge in [-0.15, -0.1) is 0 Å². The van der Waals surface area contributed by atoms with Gasteiger partial charge in [-0.25, -0.2) is 0 Å². The van der Waals surface area contributed by atoms with E-state index < -0.39 is 11.7 Å². The molecule has 0 saturated carbocycles. The zero-order valence-electron chi connectivity index (χ0n) is 17.6. The minimum atomic E-state index is -4.39. The maximum absolute atomic E-state index is 13.2. The van der Waals surface area contributed by atoms with Crippen molar-refractivity contribution in [1.29, 1.82) is 0 Å².